The number of halogens is 2. The molecule has 6 nitrogen and oxygen atoms in total. The second-order valence-electron chi connectivity index (χ2n) is 7.50. The second kappa shape index (κ2) is 8.70. The van der Waals surface area contributed by atoms with Gasteiger partial charge in [-0.1, -0.05) is 52.9 Å². The molecule has 0 unspecified atom stereocenters. The Labute approximate surface area is 193 Å². The summed E-state index contributed by atoms with van der Waals surface area (Å²) in [5.41, 5.74) is 2.22. The first kappa shape index (κ1) is 21.9. The number of hydrogen-bond donors (Lipinski definition) is 1. The summed E-state index contributed by atoms with van der Waals surface area (Å²) in [5, 5.41) is 4.51. The van der Waals surface area contributed by atoms with Crippen LogP contribution < -0.4 is 5.32 Å². The van der Waals surface area contributed by atoms with Crippen LogP contribution in [0.3, 0.4) is 0 Å². The van der Waals surface area contributed by atoms with Gasteiger partial charge in [0.05, 0.1) is 22.8 Å². The predicted octanol–water partition coefficient (Wildman–Crippen LogP) is 4.23. The average molecular weight is 553 g/mol. The Kier molecular flexibility index (Phi) is 6.16. The lowest BCUT2D eigenvalue weighted by Crippen LogP contribution is -2.43. The summed E-state index contributed by atoms with van der Waals surface area (Å²) in [5.74, 6) is -0.175. The van der Waals surface area contributed by atoms with Gasteiger partial charge in [0.2, 0.25) is 0 Å². The third-order valence-corrected chi connectivity index (χ3v) is 7.89. The highest BCUT2D eigenvalue weighted by atomic mass is 127. The van der Waals surface area contributed by atoms with Gasteiger partial charge in [0.1, 0.15) is 5.82 Å². The van der Waals surface area contributed by atoms with Gasteiger partial charge in [-0.25, -0.2) is 17.8 Å². The molecule has 2 aromatic carbocycles. The topological polar surface area (TPSA) is 79.4 Å². The highest BCUT2D eigenvalue weighted by Crippen LogP contribution is 2.32. The molecule has 0 spiro atoms. The minimum Gasteiger partial charge on any atom is -0.337 e. The number of sulfone groups is 1. The number of aryl methyl sites for hydroxylation is 1. The van der Waals surface area contributed by atoms with Crippen molar-refractivity contribution in [1.82, 2.24) is 9.88 Å². The zero-order valence-electron chi connectivity index (χ0n) is 16.9. The van der Waals surface area contributed by atoms with Gasteiger partial charge in [0, 0.05) is 34.5 Å². The van der Waals surface area contributed by atoms with E-state index in [9.17, 15) is 17.6 Å². The molecule has 31 heavy (non-hydrogen) atoms. The Morgan fingerprint density at radius 2 is 1.90 bits per heavy atom. The predicted molar refractivity (Wildman–Crippen MR) is 128 cm³/mol. The number of nitrogens with one attached hydrogen (secondary N) is 1. The van der Waals surface area contributed by atoms with Crippen molar-refractivity contribution in [1.29, 1.82) is 0 Å². The van der Waals surface area contributed by atoms with E-state index in [-0.39, 0.29) is 36.3 Å². The monoisotopic (exact) mass is 553 g/mol. The largest absolute Gasteiger partial charge is 0.337 e. The van der Waals surface area contributed by atoms with E-state index in [1.54, 1.807) is 23.1 Å². The summed E-state index contributed by atoms with van der Waals surface area (Å²) in [6.07, 6.45) is 1.49. The summed E-state index contributed by atoms with van der Waals surface area (Å²) in [6, 6.07) is 10.8. The number of fused-ring (bicyclic) bond motifs is 1. The maximum absolute atomic E-state index is 14.7. The Balaban J connectivity index is 1.75. The van der Waals surface area contributed by atoms with Crippen molar-refractivity contribution in [2.75, 3.05) is 29.9 Å². The van der Waals surface area contributed by atoms with Crippen molar-refractivity contribution in [3.63, 3.8) is 0 Å². The summed E-state index contributed by atoms with van der Waals surface area (Å²) in [7, 11) is -3.09. The third kappa shape index (κ3) is 4.38. The van der Waals surface area contributed by atoms with E-state index in [0.29, 0.717) is 32.4 Å². The van der Waals surface area contributed by atoms with E-state index in [0.717, 1.165) is 10.9 Å². The van der Waals surface area contributed by atoms with Crippen molar-refractivity contribution < 1.29 is 17.6 Å². The highest BCUT2D eigenvalue weighted by molar-refractivity contribution is 14.1. The molecule has 1 aliphatic rings. The molecular formula is C22H21FIN3O3S. The molecule has 9 heteroatoms. The fraction of sp³-hybridized carbons (Fsp3) is 0.273. The zero-order chi connectivity index (χ0) is 22.2. The molecule has 1 saturated heterocycles. The number of pyridine rings is 1. The molecule has 162 valence electrons. The van der Waals surface area contributed by atoms with E-state index in [1.165, 1.54) is 6.20 Å². The SMILES string of the molecule is Cc1cccc2c(Nc3cccc(CI)c3F)ncc(C(=O)N3CCS(=O)(=O)CC3)c12. The number of nitrogens with zero attached hydrogens (tertiary/aromatic N) is 2. The average Bonchev–Trinajstić information content (AvgIpc) is 2.75. The number of benzene rings is 2. The molecule has 4 rings (SSSR count). The number of aromatic nitrogens is 1. The van der Waals surface area contributed by atoms with Crippen LogP contribution in [-0.2, 0) is 14.3 Å². The first-order valence-corrected chi connectivity index (χ1v) is 13.1. The van der Waals surface area contributed by atoms with E-state index in [4.69, 9.17) is 0 Å². The Bertz CT molecular complexity index is 1270. The van der Waals surface area contributed by atoms with Crippen LogP contribution in [0.1, 0.15) is 21.5 Å². The van der Waals surface area contributed by atoms with Crippen LogP contribution in [0.2, 0.25) is 0 Å². The highest BCUT2D eigenvalue weighted by Gasteiger charge is 2.27. The van der Waals surface area contributed by atoms with Crippen LogP contribution in [0.5, 0.6) is 0 Å². The number of amides is 1. The quantitative estimate of drug-likeness (QED) is 0.387. The van der Waals surface area contributed by atoms with Gasteiger partial charge in [-0.05, 0) is 24.1 Å². The van der Waals surface area contributed by atoms with Gasteiger partial charge in [-0.3, -0.25) is 4.79 Å². The van der Waals surface area contributed by atoms with E-state index >= 15 is 0 Å². The zero-order valence-corrected chi connectivity index (χ0v) is 19.8. The Hall–Kier alpha value is -2.27. The van der Waals surface area contributed by atoms with Gasteiger partial charge < -0.3 is 10.2 Å². The molecule has 1 aromatic heterocycles. The Morgan fingerprint density at radius 3 is 2.61 bits per heavy atom. The molecule has 1 amide bonds. The molecule has 1 N–H and O–H groups in total. The minimum atomic E-state index is -3.09. The molecular weight excluding hydrogens is 532 g/mol. The van der Waals surface area contributed by atoms with Crippen molar-refractivity contribution in [2.45, 2.75) is 11.4 Å². The van der Waals surface area contributed by atoms with Crippen molar-refractivity contribution in [2.24, 2.45) is 0 Å². The summed E-state index contributed by atoms with van der Waals surface area (Å²) >= 11 is 2.12. The summed E-state index contributed by atoms with van der Waals surface area (Å²) < 4.78 is 38.7. The van der Waals surface area contributed by atoms with Crippen LogP contribution in [0.15, 0.2) is 42.6 Å². The molecule has 1 aliphatic heterocycles. The first-order valence-electron chi connectivity index (χ1n) is 9.79. The summed E-state index contributed by atoms with van der Waals surface area (Å²) in [4.78, 5) is 19.2. The molecule has 0 atom stereocenters. The van der Waals surface area contributed by atoms with Crippen LogP contribution >= 0.6 is 22.6 Å². The normalized spacial score (nSPS) is 15.8. The second-order valence-corrected chi connectivity index (χ2v) is 10.6. The number of hydrogen-bond acceptors (Lipinski definition) is 5. The van der Waals surface area contributed by atoms with E-state index in [2.05, 4.69) is 32.9 Å². The molecule has 2 heterocycles. The maximum Gasteiger partial charge on any atom is 0.256 e. The Morgan fingerprint density at radius 1 is 1.19 bits per heavy atom. The third-order valence-electron chi connectivity index (χ3n) is 5.46. The molecule has 0 bridgehead atoms. The number of rotatable bonds is 4. The fourth-order valence-electron chi connectivity index (χ4n) is 3.74. The van der Waals surface area contributed by atoms with E-state index in [1.807, 2.05) is 25.1 Å². The number of anilines is 2. The lowest BCUT2D eigenvalue weighted by atomic mass is 10.0. The van der Waals surface area contributed by atoms with Gasteiger partial charge >= 0.3 is 0 Å². The van der Waals surface area contributed by atoms with Crippen molar-refractivity contribution >= 4 is 60.6 Å². The minimum absolute atomic E-state index is 0.0326. The molecule has 1 fully saturated rings. The molecule has 0 aliphatic carbocycles. The molecule has 0 radical (unpaired) electrons. The van der Waals surface area contributed by atoms with E-state index < -0.39 is 9.84 Å². The van der Waals surface area contributed by atoms with Gasteiger partial charge in [-0.2, -0.15) is 0 Å². The lowest BCUT2D eigenvalue weighted by molar-refractivity contribution is 0.0772. The number of carbonyl (C=O) groups is 1. The number of carbonyl (C=O) groups excluding carboxylic acids is 1. The number of alkyl halides is 1. The molecule has 3 aromatic rings. The summed E-state index contributed by atoms with van der Waals surface area (Å²) in [6.45, 7) is 2.24. The van der Waals surface area contributed by atoms with Crippen LogP contribution in [-0.4, -0.2) is 48.8 Å². The first-order chi connectivity index (χ1) is 14.8. The fourth-order valence-corrected chi connectivity index (χ4v) is 5.53. The van der Waals surface area contributed by atoms with Crippen LogP contribution in [0.4, 0.5) is 15.9 Å². The van der Waals surface area contributed by atoms with Crippen molar-refractivity contribution in [3.8, 4) is 0 Å². The smallest absolute Gasteiger partial charge is 0.256 e. The van der Waals surface area contributed by atoms with Crippen LogP contribution in [0, 0.1) is 12.7 Å². The van der Waals surface area contributed by atoms with Gasteiger partial charge in [0.25, 0.3) is 5.91 Å². The van der Waals surface area contributed by atoms with Gasteiger partial charge in [-0.15, -0.1) is 0 Å². The lowest BCUT2D eigenvalue weighted by Gasteiger charge is -2.27. The van der Waals surface area contributed by atoms with Gasteiger partial charge in [0.15, 0.2) is 15.7 Å². The molecule has 0 saturated carbocycles. The standard InChI is InChI=1S/C22H21FIN3O3S/c1-14-4-2-6-16-19(14)17(22(28)27-8-10-31(29,30)11-9-27)13-25-21(16)26-18-7-3-5-15(12-24)20(18)23/h2-7,13H,8-12H2,1H3,(H,25,26). The van der Waals surface area contributed by atoms with Crippen molar-refractivity contribution in [3.05, 3.63) is 65.1 Å². The van der Waals surface area contributed by atoms with Crippen LogP contribution in [0.25, 0.3) is 10.8 Å². The maximum atomic E-state index is 14.7.